The maximum Gasteiger partial charge on any atom is 0.161 e. The molecule has 0 unspecified atom stereocenters. The van der Waals surface area contributed by atoms with Crippen molar-refractivity contribution in [1.29, 1.82) is 0 Å². The fourth-order valence-corrected chi connectivity index (χ4v) is 4.48. The summed E-state index contributed by atoms with van der Waals surface area (Å²) < 4.78 is 1.07. The van der Waals surface area contributed by atoms with Crippen LogP contribution in [0.1, 0.15) is 43.9 Å². The summed E-state index contributed by atoms with van der Waals surface area (Å²) in [6, 6.07) is 17.1. The summed E-state index contributed by atoms with van der Waals surface area (Å²) >= 11 is 3.52. The highest BCUT2D eigenvalue weighted by Crippen LogP contribution is 2.46. The molecule has 0 spiro atoms. The van der Waals surface area contributed by atoms with E-state index in [2.05, 4.69) is 89.3 Å². The van der Waals surface area contributed by atoms with Gasteiger partial charge in [-0.2, -0.15) is 0 Å². The number of benzene rings is 2. The lowest BCUT2D eigenvalue weighted by Crippen LogP contribution is -2.46. The molecular formula is C22H22BrNO. The van der Waals surface area contributed by atoms with E-state index in [9.17, 15) is 4.79 Å². The highest BCUT2D eigenvalue weighted by Gasteiger charge is 2.41. The number of fused-ring (bicyclic) bond motifs is 1. The number of Topliss-reactive ketones (excluding diaryl/α,β-unsaturated/α-hetero) is 1. The summed E-state index contributed by atoms with van der Waals surface area (Å²) in [6.45, 7) is 5.47. The Morgan fingerprint density at radius 3 is 2.48 bits per heavy atom. The summed E-state index contributed by atoms with van der Waals surface area (Å²) in [5.41, 5.74) is 4.78. The summed E-state index contributed by atoms with van der Waals surface area (Å²) in [6.07, 6.45) is 3.66. The fraction of sp³-hybridized carbons (Fsp3) is 0.318. The first-order valence-corrected chi connectivity index (χ1v) is 9.61. The number of hydrogen-bond acceptors (Lipinski definition) is 2. The number of halogens is 1. The first kappa shape index (κ1) is 16.6. The zero-order chi connectivity index (χ0) is 17.6. The quantitative estimate of drug-likeness (QED) is 0.661. The Labute approximate surface area is 157 Å². The van der Waals surface area contributed by atoms with Crippen molar-refractivity contribution in [3.8, 4) is 0 Å². The number of ketones is 1. The van der Waals surface area contributed by atoms with Gasteiger partial charge in [-0.15, -0.1) is 0 Å². The number of carbonyl (C=O) groups is 1. The third-order valence-electron chi connectivity index (χ3n) is 5.37. The zero-order valence-corrected chi connectivity index (χ0v) is 16.2. The van der Waals surface area contributed by atoms with Gasteiger partial charge in [-0.05, 0) is 41.8 Å². The molecule has 0 saturated carbocycles. The molecule has 0 bridgehead atoms. The Morgan fingerprint density at radius 2 is 1.80 bits per heavy atom. The van der Waals surface area contributed by atoms with E-state index in [-0.39, 0.29) is 11.5 Å². The van der Waals surface area contributed by atoms with Gasteiger partial charge in [0.05, 0.1) is 6.04 Å². The zero-order valence-electron chi connectivity index (χ0n) is 14.6. The SMILES string of the molecule is CC1(C)CN(c2ccc(Br)cc2)[C@H](C2=CCCC2=O)c2ccccc21. The molecule has 3 heteroatoms. The first-order chi connectivity index (χ1) is 12.0. The average Bonchev–Trinajstić information content (AvgIpc) is 3.01. The predicted octanol–water partition coefficient (Wildman–Crippen LogP) is 5.58. The Balaban J connectivity index is 1.90. The summed E-state index contributed by atoms with van der Waals surface area (Å²) in [5.74, 6) is 0.293. The lowest BCUT2D eigenvalue weighted by molar-refractivity contribution is -0.115. The predicted molar refractivity (Wildman–Crippen MR) is 106 cm³/mol. The summed E-state index contributed by atoms with van der Waals surface area (Å²) in [5, 5.41) is 0. The Morgan fingerprint density at radius 1 is 1.08 bits per heavy atom. The van der Waals surface area contributed by atoms with Gasteiger partial charge in [0.1, 0.15) is 0 Å². The van der Waals surface area contributed by atoms with Gasteiger partial charge in [0.2, 0.25) is 0 Å². The Kier molecular flexibility index (Phi) is 4.07. The molecule has 4 rings (SSSR count). The third-order valence-corrected chi connectivity index (χ3v) is 5.90. The summed E-state index contributed by atoms with van der Waals surface area (Å²) in [7, 11) is 0. The van der Waals surface area contributed by atoms with Crippen molar-refractivity contribution in [2.24, 2.45) is 0 Å². The van der Waals surface area contributed by atoms with E-state index >= 15 is 0 Å². The summed E-state index contributed by atoms with van der Waals surface area (Å²) in [4.78, 5) is 15.0. The van der Waals surface area contributed by atoms with Gasteiger partial charge < -0.3 is 4.90 Å². The molecule has 2 aliphatic rings. The molecule has 1 aliphatic carbocycles. The maximum absolute atomic E-state index is 12.6. The Bertz CT molecular complexity index is 851. The molecule has 2 aromatic carbocycles. The van der Waals surface area contributed by atoms with Crippen LogP contribution < -0.4 is 4.90 Å². The van der Waals surface area contributed by atoms with Crippen LogP contribution in [0.25, 0.3) is 0 Å². The third kappa shape index (κ3) is 2.85. The number of hydrogen-bond donors (Lipinski definition) is 0. The van der Waals surface area contributed by atoms with E-state index in [0.717, 1.165) is 28.7 Å². The van der Waals surface area contributed by atoms with Crippen molar-refractivity contribution in [3.63, 3.8) is 0 Å². The van der Waals surface area contributed by atoms with Crippen LogP contribution in [0, 0.1) is 0 Å². The molecule has 0 fully saturated rings. The molecule has 0 aromatic heterocycles. The number of rotatable bonds is 2. The van der Waals surface area contributed by atoms with Crippen molar-refractivity contribution in [3.05, 3.63) is 75.8 Å². The van der Waals surface area contributed by atoms with Gasteiger partial charge in [0, 0.05) is 34.1 Å². The van der Waals surface area contributed by atoms with Gasteiger partial charge >= 0.3 is 0 Å². The average molecular weight is 396 g/mol. The monoisotopic (exact) mass is 395 g/mol. The maximum atomic E-state index is 12.6. The van der Waals surface area contributed by atoms with Crippen molar-refractivity contribution in [2.75, 3.05) is 11.4 Å². The second kappa shape index (κ2) is 6.14. The van der Waals surface area contributed by atoms with Crippen LogP contribution in [0.15, 0.2) is 64.7 Å². The van der Waals surface area contributed by atoms with Crippen LogP contribution in [0.3, 0.4) is 0 Å². The van der Waals surface area contributed by atoms with Gasteiger partial charge in [-0.1, -0.05) is 60.1 Å². The second-order valence-corrected chi connectivity index (χ2v) is 8.51. The minimum absolute atomic E-state index is 0.0143. The van der Waals surface area contributed by atoms with E-state index in [1.807, 2.05) is 0 Å². The van der Waals surface area contributed by atoms with Crippen LogP contribution in [0.4, 0.5) is 5.69 Å². The molecular weight excluding hydrogens is 374 g/mol. The van der Waals surface area contributed by atoms with Crippen LogP contribution in [0.2, 0.25) is 0 Å². The molecule has 0 N–H and O–H groups in total. The second-order valence-electron chi connectivity index (χ2n) is 7.60. The molecule has 0 amide bonds. The van der Waals surface area contributed by atoms with Gasteiger partial charge in [0.15, 0.2) is 5.78 Å². The Hall–Kier alpha value is -1.87. The van der Waals surface area contributed by atoms with Crippen molar-refractivity contribution < 1.29 is 4.79 Å². The lowest BCUT2D eigenvalue weighted by atomic mass is 9.74. The van der Waals surface area contributed by atoms with Gasteiger partial charge in [-0.25, -0.2) is 0 Å². The molecule has 0 saturated heterocycles. The highest BCUT2D eigenvalue weighted by molar-refractivity contribution is 9.10. The van der Waals surface area contributed by atoms with Gasteiger partial charge in [0.25, 0.3) is 0 Å². The highest BCUT2D eigenvalue weighted by atomic mass is 79.9. The lowest BCUT2D eigenvalue weighted by Gasteiger charge is -2.47. The molecule has 128 valence electrons. The van der Waals surface area contributed by atoms with E-state index < -0.39 is 0 Å². The van der Waals surface area contributed by atoms with E-state index in [0.29, 0.717) is 12.2 Å². The molecule has 1 atom stereocenters. The standard InChI is InChI=1S/C22H22BrNO/c1-22(2)14-24(16-12-10-15(23)11-13-16)21(18-7-5-9-20(18)25)17-6-3-4-8-19(17)22/h3-4,6-8,10-13,21H,5,9,14H2,1-2H3/t21-/m0/s1. The largest absolute Gasteiger partial charge is 0.359 e. The van der Waals surface area contributed by atoms with Crippen LogP contribution in [-0.2, 0) is 10.2 Å². The van der Waals surface area contributed by atoms with Crippen molar-refractivity contribution in [2.45, 2.75) is 38.1 Å². The normalized spacial score (nSPS) is 21.9. The number of allylic oxidation sites excluding steroid dienone is 1. The minimum Gasteiger partial charge on any atom is -0.359 e. The fourth-order valence-electron chi connectivity index (χ4n) is 4.21. The minimum atomic E-state index is 0.0143. The smallest absolute Gasteiger partial charge is 0.161 e. The van der Waals surface area contributed by atoms with Crippen LogP contribution in [-0.4, -0.2) is 12.3 Å². The van der Waals surface area contributed by atoms with Gasteiger partial charge in [-0.3, -0.25) is 4.79 Å². The molecule has 2 nitrogen and oxygen atoms in total. The topological polar surface area (TPSA) is 20.3 Å². The van der Waals surface area contributed by atoms with E-state index in [4.69, 9.17) is 0 Å². The molecule has 0 radical (unpaired) electrons. The van der Waals surface area contributed by atoms with E-state index in [1.54, 1.807) is 0 Å². The van der Waals surface area contributed by atoms with Crippen LogP contribution in [0.5, 0.6) is 0 Å². The number of carbonyl (C=O) groups excluding carboxylic acids is 1. The number of nitrogens with zero attached hydrogens (tertiary/aromatic N) is 1. The van der Waals surface area contributed by atoms with Crippen molar-refractivity contribution >= 4 is 27.4 Å². The molecule has 2 aromatic rings. The van der Waals surface area contributed by atoms with Crippen molar-refractivity contribution in [1.82, 2.24) is 0 Å². The van der Waals surface area contributed by atoms with Crippen LogP contribution >= 0.6 is 15.9 Å². The molecule has 1 heterocycles. The molecule has 1 aliphatic heterocycles. The molecule has 25 heavy (non-hydrogen) atoms. The van der Waals surface area contributed by atoms with E-state index in [1.165, 1.54) is 11.1 Å². The number of anilines is 1. The first-order valence-electron chi connectivity index (χ1n) is 8.82.